The average molecular weight is 398 g/mol. The summed E-state index contributed by atoms with van der Waals surface area (Å²) in [7, 11) is 0. The van der Waals surface area contributed by atoms with E-state index in [1.54, 1.807) is 12.1 Å². The van der Waals surface area contributed by atoms with Crippen molar-refractivity contribution in [3.63, 3.8) is 0 Å². The van der Waals surface area contributed by atoms with Crippen molar-refractivity contribution in [1.82, 2.24) is 15.0 Å². The first kappa shape index (κ1) is 19.8. The van der Waals surface area contributed by atoms with Crippen LogP contribution in [-0.2, 0) is 11.3 Å². The molecular formula is C20H22N4O3S. The Balaban J connectivity index is 1.58. The number of thioether (sulfide) groups is 1. The Morgan fingerprint density at radius 3 is 2.93 bits per heavy atom. The molecule has 2 aromatic carbocycles. The first-order valence-corrected chi connectivity index (χ1v) is 9.96. The summed E-state index contributed by atoms with van der Waals surface area (Å²) in [6, 6.07) is 12.8. The number of hydrogen-bond donors (Lipinski definition) is 2. The predicted molar refractivity (Wildman–Crippen MR) is 111 cm³/mol. The number of nitrogens with one attached hydrogen (secondary N) is 1. The molecule has 1 heterocycles. The maximum absolute atomic E-state index is 12.1. The maximum atomic E-state index is 12.1. The van der Waals surface area contributed by atoms with Gasteiger partial charge in [0.05, 0.1) is 29.6 Å². The number of phenols is 1. The van der Waals surface area contributed by atoms with E-state index < -0.39 is 0 Å². The number of phenolic OH excluding ortho intramolecular Hbond substituents is 1. The number of para-hydroxylation sites is 2. The molecule has 0 aliphatic carbocycles. The summed E-state index contributed by atoms with van der Waals surface area (Å²) < 4.78 is 7.41. The number of nitrogens with zero attached hydrogens (tertiary/aromatic N) is 3. The molecule has 0 atom stereocenters. The first-order chi connectivity index (χ1) is 13.6. The molecule has 0 saturated carbocycles. The molecule has 0 bridgehead atoms. The van der Waals surface area contributed by atoms with Gasteiger partial charge >= 0.3 is 0 Å². The number of rotatable bonds is 8. The summed E-state index contributed by atoms with van der Waals surface area (Å²) in [6.45, 7) is 5.12. The molecule has 2 N–H and O–H groups in total. The average Bonchev–Trinajstić information content (AvgIpc) is 3.06. The molecule has 3 aromatic rings. The number of ether oxygens (including phenoxy) is 1. The Hall–Kier alpha value is -3.00. The fourth-order valence-corrected chi connectivity index (χ4v) is 3.56. The minimum Gasteiger partial charge on any atom is -0.504 e. The predicted octanol–water partition coefficient (Wildman–Crippen LogP) is 3.40. The Bertz CT molecular complexity index is 1000. The molecule has 3 rings (SSSR count). The SMILES string of the molecule is CCOc1cc(/C=N\NC(=O)CSc2nc3ccccc3n2CC)ccc1O. The second-order valence-corrected chi connectivity index (χ2v) is 6.81. The van der Waals surface area contributed by atoms with Gasteiger partial charge in [0, 0.05) is 6.54 Å². The molecule has 8 heteroatoms. The van der Waals surface area contributed by atoms with Crippen LogP contribution in [0.2, 0.25) is 0 Å². The van der Waals surface area contributed by atoms with E-state index in [0.717, 1.165) is 22.7 Å². The van der Waals surface area contributed by atoms with Crippen molar-refractivity contribution in [3.8, 4) is 11.5 Å². The van der Waals surface area contributed by atoms with Gasteiger partial charge in [0.15, 0.2) is 16.7 Å². The Morgan fingerprint density at radius 1 is 1.32 bits per heavy atom. The van der Waals surface area contributed by atoms with Crippen LogP contribution in [0.1, 0.15) is 19.4 Å². The van der Waals surface area contributed by atoms with Crippen LogP contribution in [0, 0.1) is 0 Å². The number of carbonyl (C=O) groups is 1. The van der Waals surface area contributed by atoms with Crippen LogP contribution in [0.25, 0.3) is 11.0 Å². The van der Waals surface area contributed by atoms with Crippen molar-refractivity contribution >= 4 is 34.9 Å². The van der Waals surface area contributed by atoms with Crippen LogP contribution in [0.4, 0.5) is 0 Å². The highest BCUT2D eigenvalue weighted by molar-refractivity contribution is 7.99. The van der Waals surface area contributed by atoms with Crippen LogP contribution in [-0.4, -0.2) is 39.1 Å². The zero-order valence-corrected chi connectivity index (χ0v) is 16.6. The molecule has 0 aliphatic heterocycles. The zero-order valence-electron chi connectivity index (χ0n) is 15.8. The number of fused-ring (bicyclic) bond motifs is 1. The van der Waals surface area contributed by atoms with Gasteiger partial charge in [-0.1, -0.05) is 23.9 Å². The van der Waals surface area contributed by atoms with Crippen molar-refractivity contribution in [2.45, 2.75) is 25.5 Å². The number of carbonyl (C=O) groups excluding carboxylic acids is 1. The van der Waals surface area contributed by atoms with Crippen molar-refractivity contribution in [1.29, 1.82) is 0 Å². The normalized spacial score (nSPS) is 11.2. The van der Waals surface area contributed by atoms with Crippen molar-refractivity contribution in [2.75, 3.05) is 12.4 Å². The number of benzene rings is 2. The molecule has 0 fully saturated rings. The summed E-state index contributed by atoms with van der Waals surface area (Å²) >= 11 is 1.38. The second kappa shape index (κ2) is 9.27. The van der Waals surface area contributed by atoms with Gasteiger partial charge in [-0.15, -0.1) is 0 Å². The van der Waals surface area contributed by atoms with E-state index in [0.29, 0.717) is 17.9 Å². The third kappa shape index (κ3) is 4.64. The van der Waals surface area contributed by atoms with Gasteiger partial charge in [0.25, 0.3) is 5.91 Å². The van der Waals surface area contributed by atoms with E-state index in [-0.39, 0.29) is 17.4 Å². The number of aromatic hydroxyl groups is 1. The van der Waals surface area contributed by atoms with E-state index >= 15 is 0 Å². The lowest BCUT2D eigenvalue weighted by Crippen LogP contribution is -2.20. The minimum absolute atomic E-state index is 0.0678. The van der Waals surface area contributed by atoms with Crippen molar-refractivity contribution < 1.29 is 14.6 Å². The number of aryl methyl sites for hydroxylation is 1. The molecule has 0 unspecified atom stereocenters. The van der Waals surface area contributed by atoms with Crippen LogP contribution in [0.5, 0.6) is 11.5 Å². The third-order valence-corrected chi connectivity index (χ3v) is 4.93. The lowest BCUT2D eigenvalue weighted by Gasteiger charge is -2.06. The van der Waals surface area contributed by atoms with Crippen molar-refractivity contribution in [3.05, 3.63) is 48.0 Å². The largest absolute Gasteiger partial charge is 0.504 e. The van der Waals surface area contributed by atoms with Crippen molar-refractivity contribution in [2.24, 2.45) is 5.10 Å². The summed E-state index contributed by atoms with van der Waals surface area (Å²) in [6.07, 6.45) is 1.51. The van der Waals surface area contributed by atoms with Gasteiger partial charge in [-0.3, -0.25) is 4.79 Å². The number of aromatic nitrogens is 2. The summed E-state index contributed by atoms with van der Waals surface area (Å²) in [5, 5.41) is 14.5. The van der Waals surface area contributed by atoms with Crippen LogP contribution in [0.3, 0.4) is 0 Å². The lowest BCUT2D eigenvalue weighted by atomic mass is 10.2. The Kier molecular flexibility index (Phi) is 6.54. The number of hydrogen-bond acceptors (Lipinski definition) is 6. The molecule has 0 aliphatic rings. The van der Waals surface area contributed by atoms with E-state index in [1.807, 2.05) is 31.2 Å². The van der Waals surface area contributed by atoms with Crippen LogP contribution < -0.4 is 10.2 Å². The highest BCUT2D eigenvalue weighted by Crippen LogP contribution is 2.26. The molecule has 1 aromatic heterocycles. The first-order valence-electron chi connectivity index (χ1n) is 8.98. The fourth-order valence-electron chi connectivity index (χ4n) is 2.69. The van der Waals surface area contributed by atoms with Gasteiger partial charge in [-0.2, -0.15) is 5.10 Å². The Labute approximate surface area is 167 Å². The van der Waals surface area contributed by atoms with Gasteiger partial charge < -0.3 is 14.4 Å². The van der Waals surface area contributed by atoms with Crippen LogP contribution in [0.15, 0.2) is 52.7 Å². The summed E-state index contributed by atoms with van der Waals surface area (Å²) in [4.78, 5) is 16.7. The highest BCUT2D eigenvalue weighted by atomic mass is 32.2. The second-order valence-electron chi connectivity index (χ2n) is 5.87. The molecule has 1 amide bonds. The third-order valence-electron chi connectivity index (χ3n) is 3.95. The van der Waals surface area contributed by atoms with Gasteiger partial charge in [-0.25, -0.2) is 10.4 Å². The quantitative estimate of drug-likeness (QED) is 0.345. The lowest BCUT2D eigenvalue weighted by molar-refractivity contribution is -0.118. The summed E-state index contributed by atoms with van der Waals surface area (Å²) in [5.41, 5.74) is 5.20. The number of amides is 1. The van der Waals surface area contributed by atoms with E-state index in [2.05, 4.69) is 27.0 Å². The summed E-state index contributed by atoms with van der Waals surface area (Å²) in [5.74, 6) is 0.435. The van der Waals surface area contributed by atoms with Crippen LogP contribution >= 0.6 is 11.8 Å². The van der Waals surface area contributed by atoms with E-state index in [4.69, 9.17) is 4.74 Å². The van der Waals surface area contributed by atoms with E-state index in [1.165, 1.54) is 24.0 Å². The molecule has 7 nitrogen and oxygen atoms in total. The smallest absolute Gasteiger partial charge is 0.250 e. The number of imidazole rings is 1. The Morgan fingerprint density at radius 2 is 2.14 bits per heavy atom. The topological polar surface area (TPSA) is 88.7 Å². The van der Waals surface area contributed by atoms with E-state index in [9.17, 15) is 9.90 Å². The highest BCUT2D eigenvalue weighted by Gasteiger charge is 2.11. The monoisotopic (exact) mass is 398 g/mol. The molecule has 0 spiro atoms. The standard InChI is InChI=1S/C20H22N4O3S/c1-3-24-16-8-6-5-7-15(16)22-20(24)28-13-19(26)23-21-12-14-9-10-17(25)18(11-14)27-4-2/h5-12,25H,3-4,13H2,1-2H3,(H,23,26)/b21-12-. The number of hydrazone groups is 1. The zero-order chi connectivity index (χ0) is 19.9. The fraction of sp³-hybridized carbons (Fsp3) is 0.250. The van der Waals surface area contributed by atoms with Gasteiger partial charge in [-0.05, 0) is 49.7 Å². The molecule has 146 valence electrons. The molecule has 0 radical (unpaired) electrons. The minimum atomic E-state index is -0.222. The maximum Gasteiger partial charge on any atom is 0.250 e. The van der Waals surface area contributed by atoms with Gasteiger partial charge in [0.2, 0.25) is 0 Å². The molecular weight excluding hydrogens is 376 g/mol. The molecule has 28 heavy (non-hydrogen) atoms. The molecule has 0 saturated heterocycles. The van der Waals surface area contributed by atoms with Gasteiger partial charge in [0.1, 0.15) is 0 Å².